The topological polar surface area (TPSA) is 42.9 Å². The molecule has 0 saturated carbocycles. The summed E-state index contributed by atoms with van der Waals surface area (Å²) < 4.78 is 0. The summed E-state index contributed by atoms with van der Waals surface area (Å²) in [6.07, 6.45) is 5.01. The van der Waals surface area contributed by atoms with Crippen molar-refractivity contribution in [2.75, 3.05) is 52.9 Å². The molecule has 0 aliphatic carbocycles. The van der Waals surface area contributed by atoms with E-state index in [9.17, 15) is 0 Å². The van der Waals surface area contributed by atoms with E-state index in [-0.39, 0.29) is 0 Å². The third-order valence-electron chi connectivity index (χ3n) is 4.81. The lowest BCUT2D eigenvalue weighted by molar-refractivity contribution is 0.206. The molecule has 0 aromatic heterocycles. The number of hydrogen-bond acceptors (Lipinski definition) is 3. The first kappa shape index (κ1) is 17.5. The fourth-order valence-electron chi connectivity index (χ4n) is 3.53. The second-order valence-corrected chi connectivity index (χ2v) is 6.90. The Morgan fingerprint density at radius 1 is 1.14 bits per heavy atom. The summed E-state index contributed by atoms with van der Waals surface area (Å²) in [4.78, 5) is 9.82. The molecule has 2 fully saturated rings. The SMILES string of the molecule is CCCN1CCC(NC(=NCC2CCN(C)C2)NCC)CC1. The lowest BCUT2D eigenvalue weighted by Crippen LogP contribution is -2.48. The van der Waals surface area contributed by atoms with E-state index in [2.05, 4.69) is 41.3 Å². The third kappa shape index (κ3) is 5.76. The molecule has 2 heterocycles. The maximum absolute atomic E-state index is 4.83. The molecule has 2 aliphatic rings. The van der Waals surface area contributed by atoms with Crippen LogP contribution in [0.2, 0.25) is 0 Å². The van der Waals surface area contributed by atoms with Crippen molar-refractivity contribution < 1.29 is 0 Å². The Balaban J connectivity index is 1.76. The van der Waals surface area contributed by atoms with Gasteiger partial charge in [0.2, 0.25) is 0 Å². The van der Waals surface area contributed by atoms with Gasteiger partial charge in [-0.2, -0.15) is 0 Å². The van der Waals surface area contributed by atoms with E-state index >= 15 is 0 Å². The lowest BCUT2D eigenvalue weighted by atomic mass is 10.1. The van der Waals surface area contributed by atoms with Crippen LogP contribution in [0.25, 0.3) is 0 Å². The first-order valence-electron chi connectivity index (χ1n) is 9.17. The summed E-state index contributed by atoms with van der Waals surface area (Å²) in [5.41, 5.74) is 0. The molecule has 0 aromatic rings. The monoisotopic (exact) mass is 309 g/mol. The number of likely N-dealkylation sites (tertiary alicyclic amines) is 2. The molecule has 1 atom stereocenters. The predicted molar refractivity (Wildman–Crippen MR) is 94.5 cm³/mol. The van der Waals surface area contributed by atoms with Crippen molar-refractivity contribution in [3.63, 3.8) is 0 Å². The number of nitrogens with one attached hydrogen (secondary N) is 2. The highest BCUT2D eigenvalue weighted by Crippen LogP contribution is 2.14. The van der Waals surface area contributed by atoms with E-state index in [0.29, 0.717) is 6.04 Å². The van der Waals surface area contributed by atoms with Crippen LogP contribution in [0.1, 0.15) is 39.5 Å². The van der Waals surface area contributed by atoms with Crippen LogP contribution in [0, 0.1) is 5.92 Å². The van der Waals surface area contributed by atoms with Gasteiger partial charge in [0.05, 0.1) is 0 Å². The van der Waals surface area contributed by atoms with Crippen molar-refractivity contribution >= 4 is 5.96 Å². The summed E-state index contributed by atoms with van der Waals surface area (Å²) in [7, 11) is 2.21. The molecule has 2 aliphatic heterocycles. The Bertz CT molecular complexity index is 336. The summed E-state index contributed by atoms with van der Waals surface area (Å²) in [6.45, 7) is 12.4. The second kappa shape index (κ2) is 9.36. The third-order valence-corrected chi connectivity index (χ3v) is 4.81. The predicted octanol–water partition coefficient (Wildman–Crippen LogP) is 1.37. The minimum atomic E-state index is 0.581. The molecular formula is C17H35N5. The molecule has 2 rings (SSSR count). The summed E-state index contributed by atoms with van der Waals surface area (Å²) in [5.74, 6) is 1.75. The zero-order chi connectivity index (χ0) is 15.8. The maximum Gasteiger partial charge on any atom is 0.191 e. The van der Waals surface area contributed by atoms with E-state index in [4.69, 9.17) is 4.99 Å². The average Bonchev–Trinajstić information content (AvgIpc) is 2.93. The van der Waals surface area contributed by atoms with Gasteiger partial charge < -0.3 is 20.4 Å². The second-order valence-electron chi connectivity index (χ2n) is 6.90. The molecule has 0 radical (unpaired) electrons. The number of nitrogens with zero attached hydrogens (tertiary/aromatic N) is 3. The molecule has 2 N–H and O–H groups in total. The van der Waals surface area contributed by atoms with Crippen molar-refractivity contribution in [2.45, 2.75) is 45.6 Å². The van der Waals surface area contributed by atoms with Crippen molar-refractivity contribution in [1.82, 2.24) is 20.4 Å². The summed E-state index contributed by atoms with van der Waals surface area (Å²) in [5, 5.41) is 7.07. The van der Waals surface area contributed by atoms with Crippen LogP contribution < -0.4 is 10.6 Å². The van der Waals surface area contributed by atoms with Crippen LogP contribution in [0.3, 0.4) is 0 Å². The molecule has 0 amide bonds. The van der Waals surface area contributed by atoms with Gasteiger partial charge in [-0.15, -0.1) is 0 Å². The van der Waals surface area contributed by atoms with Crippen molar-refractivity contribution in [2.24, 2.45) is 10.9 Å². The number of hydrogen-bond donors (Lipinski definition) is 2. The van der Waals surface area contributed by atoms with E-state index in [1.807, 2.05) is 0 Å². The van der Waals surface area contributed by atoms with Gasteiger partial charge in [0, 0.05) is 38.8 Å². The number of aliphatic imine (C=N–C) groups is 1. The van der Waals surface area contributed by atoms with Crippen LogP contribution >= 0.6 is 0 Å². The molecule has 1 unspecified atom stereocenters. The number of piperidine rings is 1. The fourth-order valence-corrected chi connectivity index (χ4v) is 3.53. The van der Waals surface area contributed by atoms with Crippen LogP contribution in [0.15, 0.2) is 4.99 Å². The molecule has 5 heteroatoms. The smallest absolute Gasteiger partial charge is 0.191 e. The zero-order valence-corrected chi connectivity index (χ0v) is 14.8. The van der Waals surface area contributed by atoms with Crippen LogP contribution in [0.4, 0.5) is 0 Å². The maximum atomic E-state index is 4.83. The van der Waals surface area contributed by atoms with Crippen LogP contribution in [-0.2, 0) is 0 Å². The molecular weight excluding hydrogens is 274 g/mol. The molecule has 0 spiro atoms. The quantitative estimate of drug-likeness (QED) is 0.574. The first-order chi connectivity index (χ1) is 10.7. The Morgan fingerprint density at radius 3 is 2.50 bits per heavy atom. The lowest BCUT2D eigenvalue weighted by Gasteiger charge is -2.32. The van der Waals surface area contributed by atoms with E-state index in [1.165, 1.54) is 58.4 Å². The fraction of sp³-hybridized carbons (Fsp3) is 0.941. The Kier molecular flexibility index (Phi) is 7.46. The summed E-state index contributed by atoms with van der Waals surface area (Å²) >= 11 is 0. The first-order valence-corrected chi connectivity index (χ1v) is 9.17. The zero-order valence-electron chi connectivity index (χ0n) is 14.8. The molecule has 2 saturated heterocycles. The van der Waals surface area contributed by atoms with Gasteiger partial charge in [0.15, 0.2) is 5.96 Å². The van der Waals surface area contributed by atoms with Gasteiger partial charge >= 0.3 is 0 Å². The van der Waals surface area contributed by atoms with Crippen LogP contribution in [-0.4, -0.2) is 74.7 Å². The minimum Gasteiger partial charge on any atom is -0.357 e. The van der Waals surface area contributed by atoms with Crippen molar-refractivity contribution in [1.29, 1.82) is 0 Å². The normalized spacial score (nSPS) is 25.6. The number of rotatable bonds is 6. The minimum absolute atomic E-state index is 0.581. The van der Waals surface area contributed by atoms with Crippen molar-refractivity contribution in [3.8, 4) is 0 Å². The highest BCUT2D eigenvalue weighted by atomic mass is 15.2. The molecule has 128 valence electrons. The molecule has 0 bridgehead atoms. The van der Waals surface area contributed by atoms with E-state index in [1.54, 1.807) is 0 Å². The highest BCUT2D eigenvalue weighted by Gasteiger charge is 2.21. The Hall–Kier alpha value is -0.810. The largest absolute Gasteiger partial charge is 0.357 e. The molecule has 22 heavy (non-hydrogen) atoms. The highest BCUT2D eigenvalue weighted by molar-refractivity contribution is 5.80. The van der Waals surface area contributed by atoms with Gasteiger partial charge in [-0.1, -0.05) is 6.92 Å². The van der Waals surface area contributed by atoms with Gasteiger partial charge in [-0.3, -0.25) is 4.99 Å². The Morgan fingerprint density at radius 2 is 1.91 bits per heavy atom. The van der Waals surface area contributed by atoms with Gasteiger partial charge in [0.25, 0.3) is 0 Å². The van der Waals surface area contributed by atoms with Crippen LogP contribution in [0.5, 0.6) is 0 Å². The van der Waals surface area contributed by atoms with Gasteiger partial charge in [-0.25, -0.2) is 0 Å². The van der Waals surface area contributed by atoms with Crippen molar-refractivity contribution in [3.05, 3.63) is 0 Å². The molecule has 0 aromatic carbocycles. The Labute approximate surface area is 136 Å². The standard InChI is InChI=1S/C17H35N5/c1-4-9-22-11-7-16(8-12-22)20-17(18-5-2)19-13-15-6-10-21(3)14-15/h15-16H,4-14H2,1-3H3,(H2,18,19,20). The molecule has 5 nitrogen and oxygen atoms in total. The summed E-state index contributed by atoms with van der Waals surface area (Å²) in [6, 6.07) is 0.581. The van der Waals surface area contributed by atoms with Gasteiger partial charge in [0.1, 0.15) is 0 Å². The van der Waals surface area contributed by atoms with Gasteiger partial charge in [-0.05, 0) is 58.7 Å². The average molecular weight is 310 g/mol. The van der Waals surface area contributed by atoms with E-state index < -0.39 is 0 Å². The number of guanidine groups is 1. The van der Waals surface area contributed by atoms with E-state index in [0.717, 1.165) is 25.0 Å².